The molecular weight excluding hydrogens is 242 g/mol. The van der Waals surface area contributed by atoms with Gasteiger partial charge >= 0.3 is 12.1 Å². The number of ether oxygens (including phenoxy) is 2. The second-order valence-electron chi connectivity index (χ2n) is 4.78. The second kappa shape index (κ2) is 7.17. The van der Waals surface area contributed by atoms with Gasteiger partial charge in [-0.3, -0.25) is 4.79 Å². The lowest BCUT2D eigenvalue weighted by molar-refractivity contribution is -0.143. The molecule has 0 saturated carbocycles. The highest BCUT2D eigenvalue weighted by atomic mass is 16.6. The van der Waals surface area contributed by atoms with Gasteiger partial charge in [0.2, 0.25) is 0 Å². The molecular formula is C11H21NO6. The molecule has 0 unspecified atom stereocenters. The molecule has 0 radical (unpaired) electrons. The van der Waals surface area contributed by atoms with Gasteiger partial charge in [-0.05, 0) is 20.8 Å². The maximum absolute atomic E-state index is 11.4. The van der Waals surface area contributed by atoms with Crippen molar-refractivity contribution < 1.29 is 29.3 Å². The fourth-order valence-corrected chi connectivity index (χ4v) is 1.12. The summed E-state index contributed by atoms with van der Waals surface area (Å²) in [5.41, 5.74) is -0.683. The molecule has 3 N–H and O–H groups in total. The largest absolute Gasteiger partial charge is 0.469 e. The normalized spacial score (nSPS) is 14.6. The summed E-state index contributed by atoms with van der Waals surface area (Å²) in [6, 6.07) is -0.987. The Labute approximate surface area is 106 Å². The molecule has 18 heavy (non-hydrogen) atoms. The summed E-state index contributed by atoms with van der Waals surface area (Å²) in [4.78, 5) is 22.4. The Morgan fingerprint density at radius 2 is 1.89 bits per heavy atom. The molecule has 0 spiro atoms. The number of aliphatic hydroxyl groups is 2. The van der Waals surface area contributed by atoms with Crippen LogP contribution in [-0.4, -0.2) is 53.7 Å². The molecule has 0 aliphatic carbocycles. The Morgan fingerprint density at radius 1 is 1.33 bits per heavy atom. The summed E-state index contributed by atoms with van der Waals surface area (Å²) in [6.45, 7) is 4.54. The zero-order chi connectivity index (χ0) is 14.3. The predicted molar refractivity (Wildman–Crippen MR) is 62.9 cm³/mol. The molecule has 0 bridgehead atoms. The number of nitrogens with one attached hydrogen (secondary N) is 1. The van der Waals surface area contributed by atoms with Gasteiger partial charge in [-0.1, -0.05) is 0 Å². The minimum atomic E-state index is -1.24. The molecule has 0 aromatic heterocycles. The van der Waals surface area contributed by atoms with E-state index in [0.717, 1.165) is 0 Å². The average Bonchev–Trinajstić information content (AvgIpc) is 2.22. The van der Waals surface area contributed by atoms with Crippen LogP contribution in [0.2, 0.25) is 0 Å². The van der Waals surface area contributed by atoms with Gasteiger partial charge in [-0.15, -0.1) is 0 Å². The molecule has 106 valence electrons. The van der Waals surface area contributed by atoms with E-state index in [2.05, 4.69) is 10.1 Å². The number of esters is 1. The predicted octanol–water partition coefficient (Wildman–Crippen LogP) is -0.204. The summed E-state index contributed by atoms with van der Waals surface area (Å²) in [5.74, 6) is -0.632. The van der Waals surface area contributed by atoms with E-state index in [4.69, 9.17) is 9.84 Å². The lowest BCUT2D eigenvalue weighted by Crippen LogP contribution is -2.48. The molecule has 2 atom stereocenters. The quantitative estimate of drug-likeness (QED) is 0.593. The van der Waals surface area contributed by atoms with Gasteiger partial charge in [0.25, 0.3) is 0 Å². The lowest BCUT2D eigenvalue weighted by atomic mass is 10.1. The highest BCUT2D eigenvalue weighted by molar-refractivity contribution is 5.71. The molecule has 0 rings (SSSR count). The van der Waals surface area contributed by atoms with Gasteiger partial charge in [-0.2, -0.15) is 0 Å². The molecule has 7 heteroatoms. The van der Waals surface area contributed by atoms with Crippen LogP contribution in [0, 0.1) is 0 Å². The lowest BCUT2D eigenvalue weighted by Gasteiger charge is -2.25. The van der Waals surface area contributed by atoms with Crippen LogP contribution in [0.5, 0.6) is 0 Å². The third-order valence-electron chi connectivity index (χ3n) is 1.97. The number of carbonyl (C=O) groups is 2. The van der Waals surface area contributed by atoms with Crippen LogP contribution in [0.15, 0.2) is 0 Å². The van der Waals surface area contributed by atoms with E-state index in [0.29, 0.717) is 0 Å². The molecule has 0 aliphatic heterocycles. The van der Waals surface area contributed by atoms with Gasteiger partial charge < -0.3 is 25.0 Å². The number of amides is 1. The molecule has 0 fully saturated rings. The van der Waals surface area contributed by atoms with Crippen LogP contribution in [0.4, 0.5) is 4.79 Å². The fraction of sp³-hybridized carbons (Fsp3) is 0.818. The Morgan fingerprint density at radius 3 is 2.28 bits per heavy atom. The Bertz CT molecular complexity index is 286. The van der Waals surface area contributed by atoms with Crippen molar-refractivity contribution >= 4 is 12.1 Å². The summed E-state index contributed by atoms with van der Waals surface area (Å²) >= 11 is 0. The van der Waals surface area contributed by atoms with E-state index < -0.39 is 36.4 Å². The van der Waals surface area contributed by atoms with Crippen LogP contribution < -0.4 is 5.32 Å². The van der Waals surface area contributed by atoms with Gasteiger partial charge in [0.15, 0.2) is 0 Å². The highest BCUT2D eigenvalue weighted by Gasteiger charge is 2.25. The van der Waals surface area contributed by atoms with Crippen molar-refractivity contribution in [2.45, 2.75) is 44.9 Å². The number of hydrogen-bond donors (Lipinski definition) is 3. The third-order valence-corrected chi connectivity index (χ3v) is 1.97. The van der Waals surface area contributed by atoms with Crippen molar-refractivity contribution in [1.29, 1.82) is 0 Å². The summed E-state index contributed by atoms with van der Waals surface area (Å²) in [7, 11) is 1.18. The van der Waals surface area contributed by atoms with E-state index >= 15 is 0 Å². The first kappa shape index (κ1) is 16.7. The molecule has 7 nitrogen and oxygen atoms in total. The zero-order valence-corrected chi connectivity index (χ0v) is 11.1. The number of carbonyl (C=O) groups excluding carboxylic acids is 2. The standard InChI is InChI=1S/C11H21NO6/c1-11(2,3)18-10(16)12-7(6-13)8(14)5-9(15)17-4/h7-8,13-14H,5-6H2,1-4H3,(H,12,16)/t7-,8-/m1/s1. The first-order valence-corrected chi connectivity index (χ1v) is 5.55. The maximum atomic E-state index is 11.4. The molecule has 0 aromatic rings. The van der Waals surface area contributed by atoms with Crippen LogP contribution >= 0.6 is 0 Å². The number of methoxy groups -OCH3 is 1. The first-order valence-electron chi connectivity index (χ1n) is 5.55. The monoisotopic (exact) mass is 263 g/mol. The fourth-order valence-electron chi connectivity index (χ4n) is 1.12. The van der Waals surface area contributed by atoms with Crippen molar-refractivity contribution in [2.75, 3.05) is 13.7 Å². The van der Waals surface area contributed by atoms with E-state index in [1.807, 2.05) is 0 Å². The highest BCUT2D eigenvalue weighted by Crippen LogP contribution is 2.08. The molecule has 0 aromatic carbocycles. The number of hydrogen-bond acceptors (Lipinski definition) is 6. The smallest absolute Gasteiger partial charge is 0.408 e. The summed E-state index contributed by atoms with van der Waals surface area (Å²) < 4.78 is 9.34. The minimum Gasteiger partial charge on any atom is -0.469 e. The van der Waals surface area contributed by atoms with Crippen LogP contribution in [0.3, 0.4) is 0 Å². The Kier molecular flexibility index (Phi) is 6.64. The molecule has 0 saturated heterocycles. The number of rotatable bonds is 5. The topological polar surface area (TPSA) is 105 Å². The number of aliphatic hydroxyl groups excluding tert-OH is 2. The third kappa shape index (κ3) is 7.08. The van der Waals surface area contributed by atoms with Gasteiger partial charge in [-0.25, -0.2) is 4.79 Å². The summed E-state index contributed by atoms with van der Waals surface area (Å²) in [6.07, 6.45) is -2.34. The van der Waals surface area contributed by atoms with Gasteiger partial charge in [0, 0.05) is 0 Å². The SMILES string of the molecule is COC(=O)C[C@@H](O)[C@@H](CO)NC(=O)OC(C)(C)C. The van der Waals surface area contributed by atoms with Gasteiger partial charge in [0.1, 0.15) is 5.60 Å². The van der Waals surface area contributed by atoms with Crippen LogP contribution in [-0.2, 0) is 14.3 Å². The average molecular weight is 263 g/mol. The van der Waals surface area contributed by atoms with Crippen molar-refractivity contribution in [3.05, 3.63) is 0 Å². The minimum absolute atomic E-state index is 0.322. The van der Waals surface area contributed by atoms with Crippen molar-refractivity contribution in [3.8, 4) is 0 Å². The maximum Gasteiger partial charge on any atom is 0.408 e. The van der Waals surface area contributed by atoms with Gasteiger partial charge in [0.05, 0.1) is 32.3 Å². The molecule has 0 heterocycles. The molecule has 0 aliphatic rings. The van der Waals surface area contributed by atoms with Crippen molar-refractivity contribution in [1.82, 2.24) is 5.32 Å². The van der Waals surface area contributed by atoms with Crippen LogP contribution in [0.25, 0.3) is 0 Å². The van der Waals surface area contributed by atoms with E-state index in [1.165, 1.54) is 7.11 Å². The van der Waals surface area contributed by atoms with E-state index in [-0.39, 0.29) is 6.42 Å². The van der Waals surface area contributed by atoms with Crippen molar-refractivity contribution in [2.24, 2.45) is 0 Å². The zero-order valence-electron chi connectivity index (χ0n) is 11.1. The second-order valence-corrected chi connectivity index (χ2v) is 4.78. The Balaban J connectivity index is 4.33. The van der Waals surface area contributed by atoms with E-state index in [9.17, 15) is 14.7 Å². The Hall–Kier alpha value is -1.34. The first-order chi connectivity index (χ1) is 8.19. The summed E-state index contributed by atoms with van der Waals surface area (Å²) in [5, 5.41) is 21.0. The van der Waals surface area contributed by atoms with E-state index in [1.54, 1.807) is 20.8 Å². The number of alkyl carbamates (subject to hydrolysis) is 1. The van der Waals surface area contributed by atoms with Crippen LogP contribution in [0.1, 0.15) is 27.2 Å². The van der Waals surface area contributed by atoms with Crippen molar-refractivity contribution in [3.63, 3.8) is 0 Å². The molecule has 1 amide bonds.